The summed E-state index contributed by atoms with van der Waals surface area (Å²) in [6, 6.07) is 0. The number of piperidine rings is 1. The highest BCUT2D eigenvalue weighted by Crippen LogP contribution is 2.39. The molecule has 0 aromatic rings. The van der Waals surface area contributed by atoms with Crippen molar-refractivity contribution in [1.82, 2.24) is 4.90 Å². The molecule has 0 radical (unpaired) electrons. The van der Waals surface area contributed by atoms with Crippen LogP contribution in [0, 0.1) is 23.7 Å². The summed E-state index contributed by atoms with van der Waals surface area (Å²) in [4.78, 5) is 2.50. The molecule has 0 bridgehead atoms. The molecule has 2 rings (SSSR count). The third-order valence-electron chi connectivity index (χ3n) is 5.19. The molecule has 1 heterocycles. The summed E-state index contributed by atoms with van der Waals surface area (Å²) < 4.78 is 0. The van der Waals surface area contributed by atoms with E-state index in [0.717, 1.165) is 23.7 Å². The van der Waals surface area contributed by atoms with E-state index in [0.29, 0.717) is 0 Å². The van der Waals surface area contributed by atoms with Crippen LogP contribution < -0.4 is 0 Å². The van der Waals surface area contributed by atoms with E-state index in [-0.39, 0.29) is 0 Å². The van der Waals surface area contributed by atoms with Gasteiger partial charge >= 0.3 is 0 Å². The van der Waals surface area contributed by atoms with Crippen LogP contribution in [0.3, 0.4) is 0 Å². The minimum Gasteiger partial charge on any atom is -0.306 e. The number of hydrogen-bond acceptors (Lipinski definition) is 1. The van der Waals surface area contributed by atoms with Crippen molar-refractivity contribution in [3.8, 4) is 0 Å². The van der Waals surface area contributed by atoms with Gasteiger partial charge in [-0.05, 0) is 82.3 Å². The van der Waals surface area contributed by atoms with Gasteiger partial charge in [0.15, 0.2) is 0 Å². The Morgan fingerprint density at radius 2 is 1.31 bits per heavy atom. The van der Waals surface area contributed by atoms with Crippen LogP contribution in [0.4, 0.5) is 0 Å². The lowest BCUT2D eigenvalue weighted by Crippen LogP contribution is -2.34. The van der Waals surface area contributed by atoms with E-state index in [1.807, 2.05) is 0 Å². The molecule has 0 unspecified atom stereocenters. The smallest absolute Gasteiger partial charge is 0.00190 e. The Morgan fingerprint density at radius 1 is 0.812 bits per heavy atom. The van der Waals surface area contributed by atoms with Crippen molar-refractivity contribution < 1.29 is 0 Å². The van der Waals surface area contributed by atoms with Gasteiger partial charge in [0, 0.05) is 0 Å². The van der Waals surface area contributed by atoms with E-state index >= 15 is 0 Å². The van der Waals surface area contributed by atoms with Crippen LogP contribution in [0.1, 0.15) is 52.4 Å². The molecule has 94 valence electrons. The molecule has 1 heteroatoms. The van der Waals surface area contributed by atoms with Crippen LogP contribution in [-0.4, -0.2) is 25.0 Å². The zero-order chi connectivity index (χ0) is 11.5. The Kier molecular flexibility index (Phi) is 4.29. The maximum atomic E-state index is 2.50. The minimum atomic E-state index is 0.915. The number of hydrogen-bond donors (Lipinski definition) is 0. The van der Waals surface area contributed by atoms with Crippen LogP contribution in [0.25, 0.3) is 0 Å². The highest BCUT2D eigenvalue weighted by atomic mass is 15.1. The van der Waals surface area contributed by atoms with Gasteiger partial charge in [-0.15, -0.1) is 0 Å². The summed E-state index contributed by atoms with van der Waals surface area (Å²) in [5.74, 6) is 4.08. The first-order chi connectivity index (χ1) is 7.66. The first-order valence-corrected chi connectivity index (χ1v) is 7.35. The number of rotatable bonds is 2. The van der Waals surface area contributed by atoms with Crippen molar-refractivity contribution in [3.05, 3.63) is 0 Å². The van der Waals surface area contributed by atoms with Crippen LogP contribution in [-0.2, 0) is 0 Å². The van der Waals surface area contributed by atoms with E-state index in [2.05, 4.69) is 25.8 Å². The Balaban J connectivity index is 1.76. The maximum absolute atomic E-state index is 2.50. The van der Waals surface area contributed by atoms with Gasteiger partial charge in [0.05, 0.1) is 0 Å². The summed E-state index contributed by atoms with van der Waals surface area (Å²) in [6.45, 7) is 7.49. The van der Waals surface area contributed by atoms with Crippen molar-refractivity contribution in [2.75, 3.05) is 20.1 Å². The molecule has 0 aromatic heterocycles. The van der Waals surface area contributed by atoms with Crippen molar-refractivity contribution in [2.45, 2.75) is 52.4 Å². The average molecular weight is 223 g/mol. The van der Waals surface area contributed by atoms with E-state index in [1.54, 1.807) is 0 Å². The Morgan fingerprint density at radius 3 is 1.81 bits per heavy atom. The molecule has 1 nitrogen and oxygen atoms in total. The molecule has 0 atom stereocenters. The van der Waals surface area contributed by atoms with Gasteiger partial charge in [-0.25, -0.2) is 0 Å². The number of nitrogens with zero attached hydrogens (tertiary/aromatic N) is 1. The minimum absolute atomic E-state index is 0.915. The summed E-state index contributed by atoms with van der Waals surface area (Å²) >= 11 is 0. The number of likely N-dealkylation sites (tertiary alicyclic amines) is 1. The average Bonchev–Trinajstić information content (AvgIpc) is 2.30. The van der Waals surface area contributed by atoms with Gasteiger partial charge in [-0.1, -0.05) is 13.8 Å². The lowest BCUT2D eigenvalue weighted by Gasteiger charge is -2.39. The molecule has 2 fully saturated rings. The second-order valence-corrected chi connectivity index (χ2v) is 6.56. The Bertz CT molecular complexity index is 195. The van der Waals surface area contributed by atoms with Crippen molar-refractivity contribution in [1.29, 1.82) is 0 Å². The lowest BCUT2D eigenvalue weighted by atomic mass is 9.70. The van der Waals surface area contributed by atoms with Gasteiger partial charge in [-0.2, -0.15) is 0 Å². The lowest BCUT2D eigenvalue weighted by molar-refractivity contribution is 0.119. The standard InChI is InChI=1S/C15H29N/c1-12(2)13-4-6-14(7-5-13)15-8-10-16(3)11-9-15/h12-15H,4-11H2,1-3H3. The van der Waals surface area contributed by atoms with Gasteiger partial charge < -0.3 is 4.90 Å². The highest BCUT2D eigenvalue weighted by Gasteiger charge is 2.30. The Labute approximate surface area is 102 Å². The molecular weight excluding hydrogens is 194 g/mol. The third-order valence-corrected chi connectivity index (χ3v) is 5.19. The zero-order valence-corrected chi connectivity index (χ0v) is 11.4. The predicted molar refractivity (Wildman–Crippen MR) is 70.5 cm³/mol. The van der Waals surface area contributed by atoms with Gasteiger partial charge in [0.25, 0.3) is 0 Å². The highest BCUT2D eigenvalue weighted by molar-refractivity contribution is 4.82. The van der Waals surface area contributed by atoms with Crippen molar-refractivity contribution in [2.24, 2.45) is 23.7 Å². The molecule has 0 spiro atoms. The van der Waals surface area contributed by atoms with Gasteiger partial charge in [0.1, 0.15) is 0 Å². The Hall–Kier alpha value is -0.0400. The third kappa shape index (κ3) is 3.00. The molecule has 1 aliphatic carbocycles. The maximum Gasteiger partial charge on any atom is -0.00190 e. The topological polar surface area (TPSA) is 3.24 Å². The van der Waals surface area contributed by atoms with Crippen LogP contribution in [0.5, 0.6) is 0 Å². The van der Waals surface area contributed by atoms with E-state index < -0.39 is 0 Å². The SMILES string of the molecule is CC(C)C1CCC(C2CCN(C)CC2)CC1. The fraction of sp³-hybridized carbons (Fsp3) is 1.00. The molecule has 1 saturated heterocycles. The predicted octanol–water partition coefficient (Wildman–Crippen LogP) is 3.79. The van der Waals surface area contributed by atoms with E-state index in [1.165, 1.54) is 51.6 Å². The second-order valence-electron chi connectivity index (χ2n) is 6.56. The molecule has 0 amide bonds. The fourth-order valence-corrected chi connectivity index (χ4v) is 3.78. The van der Waals surface area contributed by atoms with Crippen LogP contribution in [0.15, 0.2) is 0 Å². The van der Waals surface area contributed by atoms with Gasteiger partial charge in [0.2, 0.25) is 0 Å². The molecular formula is C15H29N. The first-order valence-electron chi connectivity index (χ1n) is 7.35. The van der Waals surface area contributed by atoms with Crippen molar-refractivity contribution >= 4 is 0 Å². The van der Waals surface area contributed by atoms with E-state index in [4.69, 9.17) is 0 Å². The molecule has 0 N–H and O–H groups in total. The van der Waals surface area contributed by atoms with Crippen molar-refractivity contribution in [3.63, 3.8) is 0 Å². The molecule has 1 saturated carbocycles. The largest absolute Gasteiger partial charge is 0.306 e. The monoisotopic (exact) mass is 223 g/mol. The quantitative estimate of drug-likeness (QED) is 0.688. The fourth-order valence-electron chi connectivity index (χ4n) is 3.78. The molecule has 16 heavy (non-hydrogen) atoms. The summed E-state index contributed by atoms with van der Waals surface area (Å²) in [6.07, 6.45) is 9.00. The van der Waals surface area contributed by atoms with Crippen LogP contribution >= 0.6 is 0 Å². The summed E-state index contributed by atoms with van der Waals surface area (Å²) in [5, 5.41) is 0. The summed E-state index contributed by atoms with van der Waals surface area (Å²) in [5.41, 5.74) is 0. The molecule has 2 aliphatic rings. The van der Waals surface area contributed by atoms with Gasteiger partial charge in [-0.3, -0.25) is 0 Å². The second kappa shape index (κ2) is 5.53. The zero-order valence-electron chi connectivity index (χ0n) is 11.4. The summed E-state index contributed by atoms with van der Waals surface area (Å²) in [7, 11) is 2.27. The first kappa shape index (κ1) is 12.4. The molecule has 0 aromatic carbocycles. The van der Waals surface area contributed by atoms with Crippen LogP contribution in [0.2, 0.25) is 0 Å². The van der Waals surface area contributed by atoms with E-state index in [9.17, 15) is 0 Å². The molecule has 1 aliphatic heterocycles. The normalized spacial score (nSPS) is 34.5.